The van der Waals surface area contributed by atoms with E-state index in [0.717, 1.165) is 16.7 Å². The fourth-order valence-electron chi connectivity index (χ4n) is 2.53. The monoisotopic (exact) mass is 425 g/mol. The SMILES string of the molecule is CCCCCCCCCn1nnc(C(=O)c2ccccc2)c1I. The van der Waals surface area contributed by atoms with Crippen LogP contribution in [0.5, 0.6) is 0 Å². The van der Waals surface area contributed by atoms with Crippen LogP contribution in [0.2, 0.25) is 0 Å². The number of ketones is 1. The van der Waals surface area contributed by atoms with Crippen LogP contribution < -0.4 is 0 Å². The highest BCUT2D eigenvalue weighted by Gasteiger charge is 2.18. The predicted octanol–water partition coefficient (Wildman–Crippen LogP) is 4.86. The van der Waals surface area contributed by atoms with Crippen molar-refractivity contribution in [3.8, 4) is 0 Å². The summed E-state index contributed by atoms with van der Waals surface area (Å²) in [5, 5.41) is 8.24. The van der Waals surface area contributed by atoms with Crippen molar-refractivity contribution >= 4 is 28.4 Å². The fraction of sp³-hybridized carbons (Fsp3) is 0.500. The van der Waals surface area contributed by atoms with E-state index in [1.54, 1.807) is 0 Å². The van der Waals surface area contributed by atoms with E-state index < -0.39 is 0 Å². The van der Waals surface area contributed by atoms with Gasteiger partial charge < -0.3 is 0 Å². The minimum Gasteiger partial charge on any atom is -0.287 e. The van der Waals surface area contributed by atoms with E-state index in [9.17, 15) is 4.79 Å². The number of carbonyl (C=O) groups excluding carboxylic acids is 1. The molecule has 0 fully saturated rings. The molecule has 0 spiro atoms. The zero-order chi connectivity index (χ0) is 16.5. The highest BCUT2D eigenvalue weighted by atomic mass is 127. The van der Waals surface area contributed by atoms with E-state index in [1.807, 2.05) is 35.0 Å². The summed E-state index contributed by atoms with van der Waals surface area (Å²) in [5.74, 6) is -0.0548. The van der Waals surface area contributed by atoms with Gasteiger partial charge in [0.2, 0.25) is 5.78 Å². The molecule has 124 valence electrons. The Bertz CT molecular complexity index is 610. The number of hydrogen-bond acceptors (Lipinski definition) is 3. The number of aryl methyl sites for hydroxylation is 1. The van der Waals surface area contributed by atoms with Crippen LogP contribution in [0.25, 0.3) is 0 Å². The third-order valence-corrected chi connectivity index (χ3v) is 4.97. The van der Waals surface area contributed by atoms with Gasteiger partial charge in [-0.3, -0.25) is 4.79 Å². The Labute approximate surface area is 151 Å². The van der Waals surface area contributed by atoms with Gasteiger partial charge in [0.25, 0.3) is 0 Å². The van der Waals surface area contributed by atoms with Crippen LogP contribution >= 0.6 is 22.6 Å². The topological polar surface area (TPSA) is 47.8 Å². The minimum absolute atomic E-state index is 0.0548. The van der Waals surface area contributed by atoms with Crippen LogP contribution in [0.1, 0.15) is 67.9 Å². The van der Waals surface area contributed by atoms with Gasteiger partial charge in [0, 0.05) is 12.1 Å². The molecule has 0 aliphatic carbocycles. The quantitative estimate of drug-likeness (QED) is 0.310. The van der Waals surface area contributed by atoms with E-state index in [-0.39, 0.29) is 5.78 Å². The van der Waals surface area contributed by atoms with Gasteiger partial charge in [-0.05, 0) is 29.0 Å². The molecule has 0 aliphatic heterocycles. The van der Waals surface area contributed by atoms with E-state index in [4.69, 9.17) is 0 Å². The number of rotatable bonds is 10. The number of nitrogens with zero attached hydrogens (tertiary/aromatic N) is 3. The summed E-state index contributed by atoms with van der Waals surface area (Å²) in [7, 11) is 0. The van der Waals surface area contributed by atoms with Crippen molar-refractivity contribution in [1.29, 1.82) is 0 Å². The van der Waals surface area contributed by atoms with Crippen molar-refractivity contribution in [1.82, 2.24) is 15.0 Å². The first kappa shape index (κ1) is 18.1. The second-order valence-corrected chi connectivity index (χ2v) is 6.79. The van der Waals surface area contributed by atoms with Crippen LogP contribution in [0.15, 0.2) is 30.3 Å². The number of aromatic nitrogens is 3. The normalized spacial score (nSPS) is 10.9. The summed E-state index contributed by atoms with van der Waals surface area (Å²) < 4.78 is 2.69. The Balaban J connectivity index is 1.84. The number of halogens is 1. The molecule has 4 nitrogen and oxygen atoms in total. The van der Waals surface area contributed by atoms with Crippen molar-refractivity contribution in [2.24, 2.45) is 0 Å². The summed E-state index contributed by atoms with van der Waals surface area (Å²) in [5.41, 5.74) is 1.12. The van der Waals surface area contributed by atoms with Gasteiger partial charge in [0.1, 0.15) is 3.70 Å². The second kappa shape index (κ2) is 9.80. The number of hydrogen-bond donors (Lipinski definition) is 0. The Morgan fingerprint density at radius 2 is 1.70 bits per heavy atom. The highest BCUT2D eigenvalue weighted by molar-refractivity contribution is 14.1. The van der Waals surface area contributed by atoms with E-state index in [1.165, 1.54) is 38.5 Å². The summed E-state index contributed by atoms with van der Waals surface area (Å²) in [6, 6.07) is 9.26. The zero-order valence-corrected chi connectivity index (χ0v) is 15.8. The van der Waals surface area contributed by atoms with Gasteiger partial charge >= 0.3 is 0 Å². The number of benzene rings is 1. The molecule has 23 heavy (non-hydrogen) atoms. The van der Waals surface area contributed by atoms with Crippen LogP contribution in [0, 0.1) is 3.70 Å². The van der Waals surface area contributed by atoms with Crippen molar-refractivity contribution in [2.75, 3.05) is 0 Å². The van der Waals surface area contributed by atoms with Crippen molar-refractivity contribution in [3.05, 3.63) is 45.3 Å². The summed E-state index contributed by atoms with van der Waals surface area (Å²) >= 11 is 2.17. The third-order valence-electron chi connectivity index (χ3n) is 3.90. The molecule has 0 unspecified atom stereocenters. The van der Waals surface area contributed by atoms with Crippen LogP contribution in [-0.4, -0.2) is 20.8 Å². The van der Waals surface area contributed by atoms with Crippen molar-refractivity contribution in [3.63, 3.8) is 0 Å². The molecule has 0 bridgehead atoms. The molecule has 0 radical (unpaired) electrons. The lowest BCUT2D eigenvalue weighted by molar-refractivity contribution is 0.103. The van der Waals surface area contributed by atoms with E-state index in [0.29, 0.717) is 11.3 Å². The lowest BCUT2D eigenvalue weighted by atomic mass is 10.1. The first-order valence-electron chi connectivity index (χ1n) is 8.42. The summed E-state index contributed by atoms with van der Waals surface area (Å²) in [6.45, 7) is 3.07. The van der Waals surface area contributed by atoms with Gasteiger partial charge in [-0.25, -0.2) is 4.68 Å². The molecular formula is C18H24IN3O. The molecule has 1 aromatic carbocycles. The Hall–Kier alpha value is -1.24. The fourth-order valence-corrected chi connectivity index (χ4v) is 3.22. The average Bonchev–Trinajstić information content (AvgIpc) is 2.95. The lowest BCUT2D eigenvalue weighted by Gasteiger charge is -2.03. The summed E-state index contributed by atoms with van der Waals surface area (Å²) in [4.78, 5) is 12.4. The molecule has 1 aromatic heterocycles. The van der Waals surface area contributed by atoms with E-state index in [2.05, 4.69) is 39.8 Å². The maximum atomic E-state index is 12.4. The first-order valence-corrected chi connectivity index (χ1v) is 9.50. The molecule has 0 atom stereocenters. The molecule has 2 rings (SSSR count). The standard InChI is InChI=1S/C18H24IN3O/c1-2-3-4-5-6-7-11-14-22-18(19)16(20-21-22)17(23)15-12-9-8-10-13-15/h8-10,12-13H,2-7,11,14H2,1H3. The molecule has 0 amide bonds. The van der Waals surface area contributed by atoms with Crippen LogP contribution in [0.4, 0.5) is 0 Å². The Morgan fingerprint density at radius 1 is 1.04 bits per heavy atom. The van der Waals surface area contributed by atoms with Crippen LogP contribution in [-0.2, 0) is 6.54 Å². The molecule has 2 aromatic rings. The second-order valence-electron chi connectivity index (χ2n) is 5.77. The molecular weight excluding hydrogens is 401 g/mol. The van der Waals surface area contributed by atoms with Crippen molar-refractivity contribution in [2.45, 2.75) is 58.4 Å². The molecule has 5 heteroatoms. The maximum Gasteiger partial charge on any atom is 0.216 e. The van der Waals surface area contributed by atoms with E-state index >= 15 is 0 Å². The number of unbranched alkanes of at least 4 members (excludes halogenated alkanes) is 6. The van der Waals surface area contributed by atoms with Gasteiger partial charge in [0.05, 0.1) is 0 Å². The van der Waals surface area contributed by atoms with Gasteiger partial charge in [-0.1, -0.05) is 81.0 Å². The minimum atomic E-state index is -0.0548. The highest BCUT2D eigenvalue weighted by Crippen LogP contribution is 2.15. The van der Waals surface area contributed by atoms with Crippen LogP contribution in [0.3, 0.4) is 0 Å². The van der Waals surface area contributed by atoms with Gasteiger partial charge in [-0.2, -0.15) is 0 Å². The van der Waals surface area contributed by atoms with Gasteiger partial charge in [-0.15, -0.1) is 5.10 Å². The predicted molar refractivity (Wildman–Crippen MR) is 101 cm³/mol. The number of carbonyl (C=O) groups is 1. The zero-order valence-electron chi connectivity index (χ0n) is 13.7. The lowest BCUT2D eigenvalue weighted by Crippen LogP contribution is -2.06. The maximum absolute atomic E-state index is 12.4. The Kier molecular flexibility index (Phi) is 7.71. The smallest absolute Gasteiger partial charge is 0.216 e. The molecule has 0 saturated heterocycles. The first-order chi connectivity index (χ1) is 11.2. The molecule has 0 N–H and O–H groups in total. The van der Waals surface area contributed by atoms with Gasteiger partial charge in [0.15, 0.2) is 5.69 Å². The largest absolute Gasteiger partial charge is 0.287 e. The average molecular weight is 425 g/mol. The van der Waals surface area contributed by atoms with Crippen molar-refractivity contribution < 1.29 is 4.79 Å². The molecule has 0 saturated carbocycles. The third kappa shape index (κ3) is 5.41. The molecule has 1 heterocycles. The Morgan fingerprint density at radius 3 is 2.39 bits per heavy atom. The molecule has 0 aliphatic rings. The summed E-state index contributed by atoms with van der Waals surface area (Å²) in [6.07, 6.45) is 8.86.